The molecule has 0 fully saturated rings. The summed E-state index contributed by atoms with van der Waals surface area (Å²) in [7, 11) is 0. The summed E-state index contributed by atoms with van der Waals surface area (Å²) in [5, 5.41) is 0. The van der Waals surface area contributed by atoms with Crippen LogP contribution in [0.25, 0.3) is 0 Å². The normalized spacial score (nSPS) is 11.7. The Labute approximate surface area is 69.8 Å². The summed E-state index contributed by atoms with van der Waals surface area (Å²) in [5.74, 6) is 0. The molecule has 0 nitrogen and oxygen atoms in total. The Morgan fingerprint density at radius 2 is 1.20 bits per heavy atom. The molecule has 0 amide bonds. The van der Waals surface area contributed by atoms with E-state index in [0.29, 0.717) is 0 Å². The Morgan fingerprint density at radius 1 is 0.900 bits per heavy atom. The molecule has 0 bridgehead atoms. The van der Waals surface area contributed by atoms with Crippen LogP contribution in [-0.4, -0.2) is 18.5 Å². The average Bonchev–Trinajstić information content (AvgIpc) is 1.59. The topological polar surface area (TPSA) is 0 Å². The van der Waals surface area contributed by atoms with Crippen molar-refractivity contribution in [3.8, 4) is 0 Å². The molecular formula is C9H21As. The van der Waals surface area contributed by atoms with Crippen molar-refractivity contribution in [2.24, 2.45) is 0 Å². The molecule has 0 aromatic heterocycles. The van der Waals surface area contributed by atoms with Gasteiger partial charge in [-0.3, -0.25) is 0 Å². The van der Waals surface area contributed by atoms with Crippen LogP contribution in [0.5, 0.6) is 0 Å². The summed E-state index contributed by atoms with van der Waals surface area (Å²) in [6, 6.07) is 0. The van der Waals surface area contributed by atoms with Crippen molar-refractivity contribution < 1.29 is 0 Å². The molecule has 0 heterocycles. The van der Waals surface area contributed by atoms with E-state index >= 15 is 0 Å². The summed E-state index contributed by atoms with van der Waals surface area (Å²) in [6.45, 7) is 14.1. The van der Waals surface area contributed by atoms with Crippen molar-refractivity contribution in [1.29, 1.82) is 0 Å². The quantitative estimate of drug-likeness (QED) is 0.607. The van der Waals surface area contributed by atoms with Gasteiger partial charge >= 0.3 is 69.5 Å². The molecule has 0 radical (unpaired) electrons. The van der Waals surface area contributed by atoms with Gasteiger partial charge in [0.15, 0.2) is 0 Å². The molecule has 0 aliphatic heterocycles. The molecule has 0 aromatic carbocycles. The van der Waals surface area contributed by atoms with Crippen LogP contribution in [0.3, 0.4) is 0 Å². The number of rotatable bonds is 2. The van der Waals surface area contributed by atoms with Gasteiger partial charge in [0.05, 0.1) is 0 Å². The molecule has 10 heavy (non-hydrogen) atoms. The molecule has 0 rings (SSSR count). The fourth-order valence-electron chi connectivity index (χ4n) is 1.82. The molecule has 0 aliphatic rings. The third kappa shape index (κ3) is 3.01. The van der Waals surface area contributed by atoms with Crippen LogP contribution in [-0.2, 0) is 0 Å². The van der Waals surface area contributed by atoms with E-state index in [0.717, 1.165) is 9.41 Å². The Kier molecular flexibility index (Phi) is 4.52. The van der Waals surface area contributed by atoms with Gasteiger partial charge in [-0.15, -0.1) is 0 Å². The second kappa shape index (κ2) is 4.34. The monoisotopic (exact) mass is 204 g/mol. The predicted octanol–water partition coefficient (Wildman–Crippen LogP) is 2.83. The van der Waals surface area contributed by atoms with E-state index in [1.54, 1.807) is 4.30 Å². The summed E-state index contributed by atoms with van der Waals surface area (Å²) >= 11 is -0.806. The Balaban J connectivity index is 4.44. The maximum absolute atomic E-state index is 2.38. The zero-order chi connectivity index (χ0) is 8.31. The van der Waals surface area contributed by atoms with Crippen LogP contribution in [0.1, 0.15) is 41.5 Å². The Hall–Kier alpha value is 0.428. The Morgan fingerprint density at radius 3 is 1.20 bits per heavy atom. The van der Waals surface area contributed by atoms with Gasteiger partial charge in [0, 0.05) is 0 Å². The van der Waals surface area contributed by atoms with Crippen LogP contribution < -0.4 is 0 Å². The standard InChI is InChI=1S/C9H21As/c1-7(2)10(8(3)4)9(5)6/h7-8,10H,1-6H3. The first-order valence-corrected chi connectivity index (χ1v) is 7.61. The van der Waals surface area contributed by atoms with E-state index < -0.39 is 14.2 Å². The molecule has 0 saturated heterocycles. The van der Waals surface area contributed by atoms with Crippen LogP contribution in [0.4, 0.5) is 0 Å². The van der Waals surface area contributed by atoms with Crippen LogP contribution in [0.15, 0.2) is 0 Å². The molecule has 0 unspecified atom stereocenters. The second-order valence-electron chi connectivity index (χ2n) is 3.76. The van der Waals surface area contributed by atoms with Crippen molar-refractivity contribution in [2.75, 3.05) is 0 Å². The van der Waals surface area contributed by atoms with Gasteiger partial charge in [-0.1, -0.05) is 0 Å². The van der Waals surface area contributed by atoms with Crippen molar-refractivity contribution in [2.45, 2.75) is 51.0 Å². The van der Waals surface area contributed by atoms with Gasteiger partial charge in [0.1, 0.15) is 0 Å². The van der Waals surface area contributed by atoms with Crippen molar-refractivity contribution in [1.82, 2.24) is 0 Å². The molecule has 0 aliphatic carbocycles. The van der Waals surface area contributed by atoms with Crippen LogP contribution in [0.2, 0.25) is 9.41 Å². The molecule has 0 N–H and O–H groups in total. The van der Waals surface area contributed by atoms with Gasteiger partial charge in [0.2, 0.25) is 0 Å². The molecule has 62 valence electrons. The Bertz CT molecular complexity index is 118. The van der Waals surface area contributed by atoms with Crippen LogP contribution >= 0.6 is 0 Å². The molecule has 1 heteroatoms. The summed E-state index contributed by atoms with van der Waals surface area (Å²) in [4.78, 5) is 0. The van der Waals surface area contributed by atoms with Gasteiger partial charge in [-0.2, -0.15) is 0 Å². The first kappa shape index (κ1) is 10.4. The summed E-state index contributed by atoms with van der Waals surface area (Å²) < 4.78 is 3.67. The molecule has 0 aromatic rings. The van der Waals surface area contributed by atoms with Crippen LogP contribution in [0, 0.1) is 0 Å². The third-order valence-corrected chi connectivity index (χ3v) is 9.46. The second-order valence-corrected chi connectivity index (χ2v) is 12.6. The van der Waals surface area contributed by atoms with E-state index in [4.69, 9.17) is 0 Å². The van der Waals surface area contributed by atoms with E-state index in [1.807, 2.05) is 0 Å². The van der Waals surface area contributed by atoms with E-state index in [1.165, 1.54) is 0 Å². The third-order valence-electron chi connectivity index (χ3n) is 1.82. The number of hydrogen-bond acceptors (Lipinski definition) is 0. The fraction of sp³-hybridized carbons (Fsp3) is 0.889. The zero-order valence-electron chi connectivity index (χ0n) is 8.15. The van der Waals surface area contributed by atoms with Gasteiger partial charge in [0.25, 0.3) is 0 Å². The van der Waals surface area contributed by atoms with Gasteiger partial charge < -0.3 is 0 Å². The van der Waals surface area contributed by atoms with E-state index in [2.05, 4.69) is 41.5 Å². The molecule has 0 saturated carbocycles. The first-order chi connectivity index (χ1) is 4.46. The van der Waals surface area contributed by atoms with Gasteiger partial charge in [-0.25, -0.2) is 0 Å². The fourth-order valence-corrected chi connectivity index (χ4v) is 9.46. The molecule has 0 atom stereocenters. The van der Waals surface area contributed by atoms with E-state index in [-0.39, 0.29) is 0 Å². The first-order valence-electron chi connectivity index (χ1n) is 4.14. The van der Waals surface area contributed by atoms with Crippen molar-refractivity contribution >= 4 is 18.5 Å². The predicted molar refractivity (Wildman–Crippen MR) is 53.7 cm³/mol. The molecule has 0 spiro atoms. The van der Waals surface area contributed by atoms with E-state index in [9.17, 15) is 0 Å². The molecular weight excluding hydrogens is 183 g/mol. The van der Waals surface area contributed by atoms with Crippen molar-refractivity contribution in [3.05, 3.63) is 0 Å². The minimum absolute atomic E-state index is 0.806. The van der Waals surface area contributed by atoms with Crippen molar-refractivity contribution in [3.63, 3.8) is 0 Å². The maximum atomic E-state index is 2.38. The average molecular weight is 204 g/mol. The summed E-state index contributed by atoms with van der Waals surface area (Å²) in [6.07, 6.45) is 0. The summed E-state index contributed by atoms with van der Waals surface area (Å²) in [5.41, 5.74) is 0. The minimum atomic E-state index is -0.806. The SMILES string of the molecule is CC(C)=[AsH](C(C)C)C(C)C. The zero-order valence-corrected chi connectivity index (χ0v) is 10.3. The number of hydrogen-bond donors (Lipinski definition) is 0. The van der Waals surface area contributed by atoms with Gasteiger partial charge in [-0.05, 0) is 0 Å².